The van der Waals surface area contributed by atoms with Gasteiger partial charge in [0.25, 0.3) is 0 Å². The highest BCUT2D eigenvalue weighted by Crippen LogP contribution is 2.31. The Morgan fingerprint density at radius 1 is 1.07 bits per heavy atom. The first-order valence-corrected chi connectivity index (χ1v) is 9.71. The third-order valence-corrected chi connectivity index (χ3v) is 5.52. The van der Waals surface area contributed by atoms with E-state index in [2.05, 4.69) is 4.98 Å². The third-order valence-electron chi connectivity index (χ3n) is 4.47. The van der Waals surface area contributed by atoms with Crippen LogP contribution in [0.4, 0.5) is 9.52 Å². The van der Waals surface area contributed by atoms with E-state index in [4.69, 9.17) is 4.98 Å². The fourth-order valence-electron chi connectivity index (χ4n) is 3.00. The van der Waals surface area contributed by atoms with Crippen LogP contribution in [-0.4, -0.2) is 15.9 Å². The van der Waals surface area contributed by atoms with Crippen LogP contribution in [0, 0.1) is 12.7 Å². The molecule has 1 amide bonds. The van der Waals surface area contributed by atoms with E-state index >= 15 is 0 Å². The van der Waals surface area contributed by atoms with Gasteiger partial charge in [0.15, 0.2) is 5.13 Å². The van der Waals surface area contributed by atoms with Gasteiger partial charge in [-0.25, -0.2) is 9.37 Å². The second-order valence-electron chi connectivity index (χ2n) is 6.56. The molecule has 0 saturated carbocycles. The summed E-state index contributed by atoms with van der Waals surface area (Å²) in [5.41, 5.74) is 3.67. The maximum atomic E-state index is 13.2. The Labute approximate surface area is 166 Å². The van der Waals surface area contributed by atoms with Crippen molar-refractivity contribution >= 4 is 32.6 Å². The summed E-state index contributed by atoms with van der Waals surface area (Å²) in [4.78, 5) is 23.7. The van der Waals surface area contributed by atoms with Gasteiger partial charge in [-0.15, -0.1) is 0 Å². The molecule has 4 rings (SSSR count). The fraction of sp³-hybridized carbons (Fsp3) is 0.136. The van der Waals surface area contributed by atoms with E-state index in [0.29, 0.717) is 11.7 Å². The summed E-state index contributed by atoms with van der Waals surface area (Å²) < 4.78 is 14.2. The Hall–Kier alpha value is -3.12. The Balaban J connectivity index is 1.69. The van der Waals surface area contributed by atoms with E-state index < -0.39 is 0 Å². The van der Waals surface area contributed by atoms with E-state index in [0.717, 1.165) is 26.9 Å². The molecule has 6 heteroatoms. The number of rotatable bonds is 5. The van der Waals surface area contributed by atoms with Gasteiger partial charge >= 0.3 is 0 Å². The zero-order chi connectivity index (χ0) is 19.5. The van der Waals surface area contributed by atoms with Crippen LogP contribution in [0.25, 0.3) is 10.2 Å². The van der Waals surface area contributed by atoms with Crippen molar-refractivity contribution in [1.29, 1.82) is 0 Å². The first kappa shape index (κ1) is 18.3. The number of aromatic nitrogens is 2. The minimum atomic E-state index is -0.315. The molecule has 0 saturated heterocycles. The highest BCUT2D eigenvalue weighted by Gasteiger charge is 2.21. The van der Waals surface area contributed by atoms with Gasteiger partial charge in [-0.2, -0.15) is 0 Å². The molecule has 0 unspecified atom stereocenters. The number of nitrogens with zero attached hydrogens (tertiary/aromatic N) is 3. The Morgan fingerprint density at radius 3 is 2.61 bits per heavy atom. The number of amides is 1. The summed E-state index contributed by atoms with van der Waals surface area (Å²) in [5, 5.41) is 0.653. The maximum absolute atomic E-state index is 13.2. The largest absolute Gasteiger partial charge is 0.283 e. The van der Waals surface area contributed by atoms with Crippen molar-refractivity contribution in [2.75, 3.05) is 4.90 Å². The van der Waals surface area contributed by atoms with Crippen LogP contribution in [0.5, 0.6) is 0 Å². The van der Waals surface area contributed by atoms with Gasteiger partial charge in [-0.1, -0.05) is 41.7 Å². The molecule has 0 N–H and O–H groups in total. The van der Waals surface area contributed by atoms with Crippen molar-refractivity contribution in [2.45, 2.75) is 19.9 Å². The Bertz CT molecular complexity index is 1110. The van der Waals surface area contributed by atoms with Crippen molar-refractivity contribution in [3.63, 3.8) is 0 Å². The Kier molecular flexibility index (Phi) is 5.12. The molecule has 0 aliphatic rings. The number of pyridine rings is 1. The molecule has 0 aliphatic heterocycles. The van der Waals surface area contributed by atoms with Gasteiger partial charge in [-0.05, 0) is 47.9 Å². The van der Waals surface area contributed by atoms with Crippen molar-refractivity contribution < 1.29 is 9.18 Å². The summed E-state index contributed by atoms with van der Waals surface area (Å²) in [5.74, 6) is -0.405. The summed E-state index contributed by atoms with van der Waals surface area (Å²) in [7, 11) is 0. The third kappa shape index (κ3) is 3.92. The number of aryl methyl sites for hydroxylation is 1. The van der Waals surface area contributed by atoms with E-state index in [1.807, 2.05) is 37.3 Å². The van der Waals surface area contributed by atoms with Crippen LogP contribution >= 0.6 is 11.3 Å². The van der Waals surface area contributed by atoms with Gasteiger partial charge in [-0.3, -0.25) is 14.7 Å². The van der Waals surface area contributed by atoms with Crippen LogP contribution in [0.2, 0.25) is 0 Å². The van der Waals surface area contributed by atoms with Gasteiger partial charge in [0.2, 0.25) is 5.91 Å². The molecule has 2 aromatic heterocycles. The molecule has 0 aliphatic carbocycles. The van der Waals surface area contributed by atoms with Crippen LogP contribution in [0.3, 0.4) is 0 Å². The van der Waals surface area contributed by atoms with Crippen LogP contribution in [0.15, 0.2) is 67.0 Å². The summed E-state index contributed by atoms with van der Waals surface area (Å²) in [6.07, 6.45) is 3.63. The lowest BCUT2D eigenvalue weighted by Crippen LogP contribution is -2.31. The van der Waals surface area contributed by atoms with Gasteiger partial charge in [0.05, 0.1) is 23.2 Å². The van der Waals surface area contributed by atoms with E-state index in [1.54, 1.807) is 29.4 Å². The highest BCUT2D eigenvalue weighted by atomic mass is 32.1. The molecular weight excluding hydrogens is 373 g/mol. The zero-order valence-corrected chi connectivity index (χ0v) is 16.1. The maximum Gasteiger partial charge on any atom is 0.233 e. The first-order chi connectivity index (χ1) is 13.6. The molecule has 0 atom stereocenters. The highest BCUT2D eigenvalue weighted by molar-refractivity contribution is 7.22. The van der Waals surface area contributed by atoms with Gasteiger partial charge < -0.3 is 0 Å². The monoisotopic (exact) mass is 391 g/mol. The molecule has 4 aromatic rings. The number of hydrogen-bond acceptors (Lipinski definition) is 4. The molecule has 0 fully saturated rings. The van der Waals surface area contributed by atoms with Crippen molar-refractivity contribution in [2.24, 2.45) is 0 Å². The molecule has 140 valence electrons. The van der Waals surface area contributed by atoms with E-state index in [9.17, 15) is 9.18 Å². The quantitative estimate of drug-likeness (QED) is 0.485. The van der Waals surface area contributed by atoms with Crippen LogP contribution in [-0.2, 0) is 17.8 Å². The summed E-state index contributed by atoms with van der Waals surface area (Å²) >= 11 is 1.49. The second-order valence-corrected chi connectivity index (χ2v) is 7.57. The number of carbonyl (C=O) groups is 1. The number of anilines is 1. The molecule has 0 radical (unpaired) electrons. The topological polar surface area (TPSA) is 46.1 Å². The van der Waals surface area contributed by atoms with Crippen LogP contribution in [0.1, 0.15) is 16.7 Å². The average Bonchev–Trinajstić information content (AvgIpc) is 3.14. The molecular formula is C22H18FN3OS. The summed E-state index contributed by atoms with van der Waals surface area (Å²) in [6.45, 7) is 2.39. The lowest BCUT2D eigenvalue weighted by Gasteiger charge is -2.20. The van der Waals surface area contributed by atoms with Crippen molar-refractivity contribution in [3.8, 4) is 0 Å². The number of halogens is 1. The predicted molar refractivity (Wildman–Crippen MR) is 110 cm³/mol. The van der Waals surface area contributed by atoms with E-state index in [1.165, 1.54) is 23.5 Å². The van der Waals surface area contributed by atoms with Crippen molar-refractivity contribution in [1.82, 2.24) is 9.97 Å². The minimum Gasteiger partial charge on any atom is -0.283 e. The molecule has 2 heterocycles. The normalized spacial score (nSPS) is 10.9. The molecule has 0 bridgehead atoms. The number of fused-ring (bicyclic) bond motifs is 1. The smallest absolute Gasteiger partial charge is 0.233 e. The Morgan fingerprint density at radius 2 is 1.89 bits per heavy atom. The lowest BCUT2D eigenvalue weighted by molar-refractivity contribution is -0.118. The second kappa shape index (κ2) is 7.86. The van der Waals surface area contributed by atoms with Crippen LogP contribution < -0.4 is 4.90 Å². The lowest BCUT2D eigenvalue weighted by atomic mass is 10.1. The molecule has 2 aromatic carbocycles. The van der Waals surface area contributed by atoms with Crippen molar-refractivity contribution in [3.05, 3.63) is 89.5 Å². The fourth-order valence-corrected chi connectivity index (χ4v) is 4.06. The minimum absolute atomic E-state index is 0.0906. The van der Waals surface area contributed by atoms with Gasteiger partial charge in [0.1, 0.15) is 5.82 Å². The SMILES string of the molecule is Cc1cccc2sc(N(Cc3cccnc3)C(=O)Cc3ccc(F)cc3)nc12. The zero-order valence-electron chi connectivity index (χ0n) is 15.3. The standard InChI is InChI=1S/C22H18FN3OS/c1-15-4-2-6-19-21(15)25-22(28-19)26(14-17-5-3-11-24-13-17)20(27)12-16-7-9-18(23)10-8-16/h2-11,13H,12,14H2,1H3. The van der Waals surface area contributed by atoms with E-state index in [-0.39, 0.29) is 18.1 Å². The molecule has 0 spiro atoms. The average molecular weight is 391 g/mol. The number of carbonyl (C=O) groups excluding carboxylic acids is 1. The number of thiazole rings is 1. The first-order valence-electron chi connectivity index (χ1n) is 8.90. The van der Waals surface area contributed by atoms with Gasteiger partial charge in [0, 0.05) is 12.4 Å². The molecule has 28 heavy (non-hydrogen) atoms. The summed E-state index contributed by atoms with van der Waals surface area (Å²) in [6, 6.07) is 15.8. The number of hydrogen-bond donors (Lipinski definition) is 0. The predicted octanol–water partition coefficient (Wildman–Crippen LogP) is 4.91. The number of benzene rings is 2. The number of para-hydroxylation sites is 1. The molecule has 4 nitrogen and oxygen atoms in total.